The van der Waals surface area contributed by atoms with E-state index in [0.717, 1.165) is 0 Å². The SMILES string of the molecule is Cc1ccc(-c2cc3cc(C(C)(C)C)cc4cc(-c5ccc(C)cc5)c5c6c(ccc7ccccc76)cc2c5c34)cc1. The Bertz CT molecular complexity index is 2290. The molecule has 0 nitrogen and oxygen atoms in total. The first-order valence-corrected chi connectivity index (χ1v) is 15.0. The molecule has 0 bridgehead atoms. The maximum Gasteiger partial charge on any atom is -0.000763 e. The van der Waals surface area contributed by atoms with Gasteiger partial charge in [0.15, 0.2) is 0 Å². The lowest BCUT2D eigenvalue weighted by Crippen LogP contribution is -2.11. The molecule has 0 atom stereocenters. The highest BCUT2D eigenvalue weighted by Crippen LogP contribution is 2.49. The average molecular weight is 539 g/mol. The molecule has 0 heteroatoms. The fraction of sp³-hybridized carbons (Fsp3) is 0.143. The zero-order valence-electron chi connectivity index (χ0n) is 25.0. The van der Waals surface area contributed by atoms with Gasteiger partial charge in [-0.25, -0.2) is 0 Å². The van der Waals surface area contributed by atoms with Crippen LogP contribution in [0.5, 0.6) is 0 Å². The van der Waals surface area contributed by atoms with Gasteiger partial charge >= 0.3 is 0 Å². The largest absolute Gasteiger partial charge is 0.0616 e. The van der Waals surface area contributed by atoms with Crippen molar-refractivity contribution in [3.8, 4) is 22.3 Å². The van der Waals surface area contributed by atoms with Crippen molar-refractivity contribution in [1.29, 1.82) is 0 Å². The van der Waals surface area contributed by atoms with Crippen molar-refractivity contribution in [2.24, 2.45) is 0 Å². The highest BCUT2D eigenvalue weighted by molar-refractivity contribution is 6.37. The second kappa shape index (κ2) is 8.91. The summed E-state index contributed by atoms with van der Waals surface area (Å²) < 4.78 is 0. The van der Waals surface area contributed by atoms with Gasteiger partial charge in [-0.3, -0.25) is 0 Å². The molecule has 0 saturated heterocycles. The summed E-state index contributed by atoms with van der Waals surface area (Å²) in [5, 5.41) is 13.3. The van der Waals surface area contributed by atoms with Crippen LogP contribution in [-0.4, -0.2) is 0 Å². The monoisotopic (exact) mass is 538 g/mol. The van der Waals surface area contributed by atoms with Crippen LogP contribution < -0.4 is 0 Å². The van der Waals surface area contributed by atoms with Gasteiger partial charge in [-0.1, -0.05) is 129 Å². The molecule has 0 radical (unpaired) electrons. The summed E-state index contributed by atoms with van der Waals surface area (Å²) in [5.41, 5.74) is 9.12. The number of hydrogen-bond acceptors (Lipinski definition) is 0. The topological polar surface area (TPSA) is 0 Å². The lowest BCUT2D eigenvalue weighted by molar-refractivity contribution is 0.591. The van der Waals surface area contributed by atoms with Crippen molar-refractivity contribution in [3.63, 3.8) is 0 Å². The van der Waals surface area contributed by atoms with E-state index in [4.69, 9.17) is 0 Å². The summed E-state index contributed by atoms with van der Waals surface area (Å²) in [6.07, 6.45) is 0. The van der Waals surface area contributed by atoms with Crippen LogP contribution >= 0.6 is 0 Å². The molecule has 0 unspecified atom stereocenters. The Morgan fingerprint density at radius 3 is 1.62 bits per heavy atom. The third-order valence-corrected chi connectivity index (χ3v) is 9.23. The summed E-state index contributed by atoms with van der Waals surface area (Å²) >= 11 is 0. The Morgan fingerprint density at radius 2 is 0.976 bits per heavy atom. The first-order chi connectivity index (χ1) is 20.3. The highest BCUT2D eigenvalue weighted by Gasteiger charge is 2.23. The Kier molecular flexibility index (Phi) is 5.32. The Morgan fingerprint density at radius 1 is 0.405 bits per heavy atom. The van der Waals surface area contributed by atoms with Gasteiger partial charge in [-0.2, -0.15) is 0 Å². The second-order valence-corrected chi connectivity index (χ2v) is 13.2. The summed E-state index contributed by atoms with van der Waals surface area (Å²) in [6, 6.07) is 43.9. The molecule has 8 aromatic carbocycles. The van der Waals surface area contributed by atoms with Gasteiger partial charge in [-0.15, -0.1) is 0 Å². The molecule has 42 heavy (non-hydrogen) atoms. The number of rotatable bonds is 2. The van der Waals surface area contributed by atoms with Crippen molar-refractivity contribution < 1.29 is 0 Å². The van der Waals surface area contributed by atoms with Crippen LogP contribution in [0.4, 0.5) is 0 Å². The fourth-order valence-electron chi connectivity index (χ4n) is 6.95. The number of aryl methyl sites for hydroxylation is 2. The summed E-state index contributed by atoms with van der Waals surface area (Å²) in [6.45, 7) is 11.3. The second-order valence-electron chi connectivity index (χ2n) is 13.2. The van der Waals surface area contributed by atoms with Crippen molar-refractivity contribution in [1.82, 2.24) is 0 Å². The lowest BCUT2D eigenvalue weighted by Gasteiger charge is -2.24. The zero-order valence-corrected chi connectivity index (χ0v) is 25.0. The predicted octanol–water partition coefficient (Wildman–Crippen LogP) is 12.1. The van der Waals surface area contributed by atoms with Crippen LogP contribution in [0.15, 0.2) is 115 Å². The maximum atomic E-state index is 2.47. The highest BCUT2D eigenvalue weighted by atomic mass is 14.3. The predicted molar refractivity (Wildman–Crippen MR) is 184 cm³/mol. The van der Waals surface area contributed by atoms with E-state index < -0.39 is 0 Å². The molecule has 0 aliphatic heterocycles. The van der Waals surface area contributed by atoms with Crippen molar-refractivity contribution in [2.45, 2.75) is 40.0 Å². The lowest BCUT2D eigenvalue weighted by atomic mass is 9.79. The van der Waals surface area contributed by atoms with Crippen molar-refractivity contribution >= 4 is 53.9 Å². The minimum absolute atomic E-state index is 0.0431. The average Bonchev–Trinajstić information content (AvgIpc) is 2.99. The summed E-state index contributed by atoms with van der Waals surface area (Å²) in [7, 11) is 0. The van der Waals surface area contributed by atoms with Crippen LogP contribution in [0.1, 0.15) is 37.5 Å². The third-order valence-electron chi connectivity index (χ3n) is 9.23. The third kappa shape index (κ3) is 3.75. The van der Waals surface area contributed by atoms with E-state index in [2.05, 4.69) is 150 Å². The number of benzene rings is 8. The standard InChI is InChI=1S/C42H34/c1-25-10-14-28(15-11-25)35-23-31-20-33(42(3,4)5)21-32-24-36(29-16-12-26(2)13-17-29)40-39-30(22-37(35)41(40)38(31)32)19-18-27-8-6-7-9-34(27)39/h6-24H,1-5H3. The Balaban J connectivity index is 1.68. The normalized spacial score (nSPS) is 12.4. The molecule has 202 valence electrons. The number of fused-ring (bicyclic) bond motifs is 4. The Hall–Kier alpha value is -4.68. The molecule has 8 rings (SSSR count). The zero-order chi connectivity index (χ0) is 28.7. The number of hydrogen-bond donors (Lipinski definition) is 0. The molecule has 8 aromatic rings. The van der Waals surface area contributed by atoms with E-state index in [1.54, 1.807) is 0 Å². The van der Waals surface area contributed by atoms with E-state index in [1.807, 2.05) is 0 Å². The van der Waals surface area contributed by atoms with Gasteiger partial charge in [0.2, 0.25) is 0 Å². The van der Waals surface area contributed by atoms with E-state index >= 15 is 0 Å². The maximum absolute atomic E-state index is 2.47. The van der Waals surface area contributed by atoms with Crippen molar-refractivity contribution in [3.05, 3.63) is 132 Å². The van der Waals surface area contributed by atoms with Gasteiger partial charge in [0.25, 0.3) is 0 Å². The van der Waals surface area contributed by atoms with Gasteiger partial charge in [0, 0.05) is 0 Å². The summed E-state index contributed by atoms with van der Waals surface area (Å²) in [5.74, 6) is 0. The first-order valence-electron chi connectivity index (χ1n) is 15.0. The first kappa shape index (κ1) is 25.1. The van der Waals surface area contributed by atoms with E-state index in [1.165, 1.54) is 92.8 Å². The van der Waals surface area contributed by atoms with E-state index in [9.17, 15) is 0 Å². The molecule has 0 aliphatic carbocycles. The summed E-state index contributed by atoms with van der Waals surface area (Å²) in [4.78, 5) is 0. The minimum Gasteiger partial charge on any atom is -0.0616 e. The minimum atomic E-state index is 0.0431. The van der Waals surface area contributed by atoms with Crippen LogP contribution in [0, 0.1) is 13.8 Å². The smallest absolute Gasteiger partial charge is 0.000763 e. The molecule has 0 saturated carbocycles. The van der Waals surface area contributed by atoms with Crippen LogP contribution in [0.2, 0.25) is 0 Å². The molecule has 0 heterocycles. The quantitative estimate of drug-likeness (QED) is 0.152. The van der Waals surface area contributed by atoms with E-state index in [-0.39, 0.29) is 5.41 Å². The molecular formula is C42H34. The molecule has 0 aliphatic rings. The fourth-order valence-corrected chi connectivity index (χ4v) is 6.95. The van der Waals surface area contributed by atoms with Crippen molar-refractivity contribution in [2.75, 3.05) is 0 Å². The molecule has 0 amide bonds. The molecular weight excluding hydrogens is 504 g/mol. The molecule has 0 aromatic heterocycles. The van der Waals surface area contributed by atoms with Gasteiger partial charge in [-0.05, 0) is 119 Å². The van der Waals surface area contributed by atoms with Crippen LogP contribution in [0.25, 0.3) is 76.1 Å². The molecule has 0 fully saturated rings. The van der Waals surface area contributed by atoms with Gasteiger partial charge in [0.05, 0.1) is 0 Å². The molecule has 0 spiro atoms. The van der Waals surface area contributed by atoms with Crippen LogP contribution in [0.3, 0.4) is 0 Å². The van der Waals surface area contributed by atoms with Gasteiger partial charge in [0.1, 0.15) is 0 Å². The van der Waals surface area contributed by atoms with Crippen LogP contribution in [-0.2, 0) is 5.41 Å². The molecule has 0 N–H and O–H groups in total. The van der Waals surface area contributed by atoms with Gasteiger partial charge < -0.3 is 0 Å². The van der Waals surface area contributed by atoms with E-state index in [0.29, 0.717) is 0 Å². The Labute approximate surface area is 247 Å².